The molecule has 0 fully saturated rings. The number of rotatable bonds is 2. The van der Waals surface area contributed by atoms with E-state index in [1.54, 1.807) is 23.3 Å². The van der Waals surface area contributed by atoms with Gasteiger partial charge in [0, 0.05) is 0 Å². The van der Waals surface area contributed by atoms with E-state index in [0.717, 1.165) is 12.8 Å². The Morgan fingerprint density at radius 1 is 0.705 bits per heavy atom. The van der Waals surface area contributed by atoms with E-state index in [0.29, 0.717) is 0 Å². The van der Waals surface area contributed by atoms with Gasteiger partial charge in [0.15, 0.2) is 0 Å². The van der Waals surface area contributed by atoms with Crippen LogP contribution in [0, 0.1) is 26.0 Å². The minimum atomic E-state index is -0.455. The summed E-state index contributed by atoms with van der Waals surface area (Å²) in [6.45, 7) is 18.2. The fraction of sp³-hybridized carbons (Fsp3) is 0.300. The molecule has 0 radical (unpaired) electrons. The van der Waals surface area contributed by atoms with Gasteiger partial charge in [-0.05, 0) is 35.4 Å². The van der Waals surface area contributed by atoms with Crippen LogP contribution in [-0.2, 0) is 40.6 Å². The van der Waals surface area contributed by atoms with Crippen LogP contribution in [0.3, 0.4) is 0 Å². The molecule has 0 amide bonds. The molecule has 44 heavy (non-hydrogen) atoms. The Balaban J connectivity index is 0.000000273. The molecule has 0 saturated heterocycles. The van der Waals surface area contributed by atoms with Gasteiger partial charge in [0.2, 0.25) is 0 Å². The number of hydrogen-bond acceptors (Lipinski definition) is 0. The quantitative estimate of drug-likeness (QED) is 0.195. The van der Waals surface area contributed by atoms with E-state index in [4.69, 9.17) is 0 Å². The summed E-state index contributed by atoms with van der Waals surface area (Å²) in [5.74, 6) is 0. The molecule has 4 heteroatoms. The summed E-state index contributed by atoms with van der Waals surface area (Å²) in [4.78, 5) is 0. The molecule has 0 nitrogen and oxygen atoms in total. The van der Waals surface area contributed by atoms with Gasteiger partial charge in [0.1, 0.15) is 0 Å². The van der Waals surface area contributed by atoms with Crippen molar-refractivity contribution in [1.29, 1.82) is 0 Å². The molecule has 0 bridgehead atoms. The number of hydrogen-bond donors (Lipinski definition) is 0. The van der Waals surface area contributed by atoms with Gasteiger partial charge in [-0.1, -0.05) is 71.6 Å². The van der Waals surface area contributed by atoms with Crippen LogP contribution >= 0.6 is 0 Å². The van der Waals surface area contributed by atoms with Gasteiger partial charge < -0.3 is 24.8 Å². The third kappa shape index (κ3) is 9.77. The molecule has 0 heterocycles. The number of aryl methyl sites for hydroxylation is 2. The van der Waals surface area contributed by atoms with Crippen molar-refractivity contribution in [2.45, 2.75) is 79.1 Å². The molecule has 4 aromatic carbocycles. The van der Waals surface area contributed by atoms with E-state index < -0.39 is 5.43 Å². The number of benzene rings is 4. The Kier molecular flexibility index (Phi) is 14.4. The van der Waals surface area contributed by atoms with Gasteiger partial charge in [0.05, 0.1) is 0 Å². The summed E-state index contributed by atoms with van der Waals surface area (Å²) >= 11 is 1.64. The van der Waals surface area contributed by atoms with E-state index in [1.165, 1.54) is 54.9 Å². The van der Waals surface area contributed by atoms with E-state index >= 15 is 0 Å². The Morgan fingerprint density at radius 3 is 1.66 bits per heavy atom. The van der Waals surface area contributed by atoms with Crippen LogP contribution in [0.5, 0.6) is 0 Å². The molecule has 0 spiro atoms. The average molecular weight is 715 g/mol. The second-order valence-corrected chi connectivity index (χ2v) is 18.9. The zero-order valence-corrected chi connectivity index (χ0v) is 32.4. The Hall–Kier alpha value is -1.96. The van der Waals surface area contributed by atoms with Crippen molar-refractivity contribution in [3.63, 3.8) is 0 Å². The van der Waals surface area contributed by atoms with Crippen LogP contribution in [-0.4, -0.2) is 5.43 Å². The molecule has 0 aliphatic heterocycles. The van der Waals surface area contributed by atoms with E-state index in [2.05, 4.69) is 152 Å². The predicted octanol–water partition coefficient (Wildman–Crippen LogP) is 2.92. The Labute approximate surface area is 294 Å². The van der Waals surface area contributed by atoms with E-state index in [-0.39, 0.29) is 35.6 Å². The number of allylic oxidation sites excluding steroid dienone is 4. The van der Waals surface area contributed by atoms with Crippen molar-refractivity contribution >= 4 is 15.8 Å². The van der Waals surface area contributed by atoms with Crippen LogP contribution in [0.4, 0.5) is 0 Å². The van der Waals surface area contributed by atoms with Crippen LogP contribution in [0.15, 0.2) is 97.1 Å². The van der Waals surface area contributed by atoms with Crippen molar-refractivity contribution in [2.75, 3.05) is 0 Å². The van der Waals surface area contributed by atoms with Crippen LogP contribution in [0.1, 0.15) is 81.3 Å². The summed E-state index contributed by atoms with van der Waals surface area (Å²) in [5, 5.41) is 3.03. The maximum absolute atomic E-state index is 3.69. The first-order valence-corrected chi connectivity index (χ1v) is 20.2. The van der Waals surface area contributed by atoms with Crippen molar-refractivity contribution in [2.24, 2.45) is 0 Å². The third-order valence-electron chi connectivity index (χ3n) is 7.79. The first kappa shape index (κ1) is 38.2. The molecular formula is C40H44Cl2SiZr-2. The topological polar surface area (TPSA) is 0 Å². The Morgan fingerprint density at radius 2 is 1.23 bits per heavy atom. The van der Waals surface area contributed by atoms with Crippen LogP contribution in [0.25, 0.3) is 11.1 Å². The first-order valence-electron chi connectivity index (χ1n) is 15.0. The standard InChI is InChI=1S/C23H29.C12H10Si.C5H5.2ClH.Zr/c1-14-9-16-11-17-10-15(2)21(23(6,7)8)13-19(17)18(16)12-20(14)22(3,4)5;1-3-7-11(8-4-1)13-12-9-5-2-6-10-12;1-2-4-5-3-1;;;/h9,12-13H,11H2,1-8H3;1-10H;1-3H,4H2;2*1H;/q-1;;-1;;;+2/p-2. The molecule has 4 aromatic rings. The maximum atomic E-state index is 3.69. The first-order chi connectivity index (χ1) is 19.9. The molecule has 0 N–H and O–H groups in total. The van der Waals surface area contributed by atoms with Gasteiger partial charge in [-0.15, -0.1) is 23.1 Å². The van der Waals surface area contributed by atoms with Crippen molar-refractivity contribution in [3.8, 4) is 11.1 Å². The molecule has 0 aromatic heterocycles. The summed E-state index contributed by atoms with van der Waals surface area (Å²) < 4.78 is 0. The van der Waals surface area contributed by atoms with Crippen molar-refractivity contribution in [1.82, 2.24) is 0 Å². The zero-order chi connectivity index (χ0) is 30.5. The van der Waals surface area contributed by atoms with Gasteiger partial charge in [-0.2, -0.15) is 23.8 Å². The summed E-state index contributed by atoms with van der Waals surface area (Å²) in [6, 6.07) is 32.6. The number of fused-ring (bicyclic) bond motifs is 3. The number of halogens is 2. The van der Waals surface area contributed by atoms with Gasteiger partial charge in [-0.25, -0.2) is 12.2 Å². The monoisotopic (exact) mass is 712 g/mol. The average Bonchev–Trinajstić information content (AvgIpc) is 3.63. The molecule has 2 aliphatic carbocycles. The van der Waals surface area contributed by atoms with Gasteiger partial charge in [-0.3, -0.25) is 6.08 Å². The molecule has 6 rings (SSSR count). The van der Waals surface area contributed by atoms with Crippen LogP contribution in [0.2, 0.25) is 0 Å². The Bertz CT molecular complexity index is 1490. The molecule has 0 unspecified atom stereocenters. The van der Waals surface area contributed by atoms with Crippen molar-refractivity contribution in [3.05, 3.63) is 143 Å². The summed E-state index contributed by atoms with van der Waals surface area (Å²) in [5.41, 5.74) is 11.2. The second kappa shape index (κ2) is 16.6. The normalized spacial score (nSPS) is 12.4. The van der Waals surface area contributed by atoms with Crippen LogP contribution < -0.4 is 35.2 Å². The molecule has 228 valence electrons. The SMILES string of the molecule is Cc1[c-]c2c(cc1C(C)(C)C)-c1cc(C(C)(C)C)c(C)cc1C2.[C-]1=CC=CC1.[Cl-].[Cl-].[Zr+2]=[Si](c1ccccc1)c1ccccc1. The van der Waals surface area contributed by atoms with Gasteiger partial charge in [0.25, 0.3) is 0 Å². The fourth-order valence-electron chi connectivity index (χ4n) is 5.74. The summed E-state index contributed by atoms with van der Waals surface area (Å²) in [6.07, 6.45) is 11.0. The summed E-state index contributed by atoms with van der Waals surface area (Å²) in [7, 11) is 0. The molecule has 0 saturated carbocycles. The second-order valence-electron chi connectivity index (χ2n) is 13.3. The van der Waals surface area contributed by atoms with Crippen molar-refractivity contribution < 1.29 is 48.1 Å². The van der Waals surface area contributed by atoms with E-state index in [9.17, 15) is 0 Å². The van der Waals surface area contributed by atoms with E-state index in [1.807, 2.05) is 12.2 Å². The predicted molar refractivity (Wildman–Crippen MR) is 180 cm³/mol. The molecule has 0 atom stereocenters. The molecular weight excluding hydrogens is 671 g/mol. The third-order valence-corrected chi connectivity index (χ3v) is 13.9. The van der Waals surface area contributed by atoms with Gasteiger partial charge >= 0.3 is 99.8 Å². The fourth-order valence-corrected chi connectivity index (χ4v) is 9.58. The minimum absolute atomic E-state index is 0. The molecule has 2 aliphatic rings. The zero-order valence-electron chi connectivity index (χ0n) is 27.4.